The molecule has 0 amide bonds. The number of rotatable bonds is 11. The Morgan fingerprint density at radius 1 is 0.765 bits per heavy atom. The highest BCUT2D eigenvalue weighted by Crippen LogP contribution is 2.08. The smallest absolute Gasteiger partial charge is 0.119 e. The van der Waals surface area contributed by atoms with E-state index in [-0.39, 0.29) is 0 Å². The molecule has 0 radical (unpaired) electrons. The van der Waals surface area contributed by atoms with Gasteiger partial charge in [0.05, 0.1) is 0 Å². The molecular formula is C16H28O. The minimum atomic E-state index is 0.743. The summed E-state index contributed by atoms with van der Waals surface area (Å²) < 4.78 is 0. The standard InChI is InChI=1S/C16H28O/c1-2-3-4-5-6-7-8-9-10-11-12-13-14-15-16-17/h16H,2-4,7-15H2,1H3. The number of hydrogen-bond donors (Lipinski definition) is 0. The number of carbonyl (C=O) groups is 1. The molecule has 0 fully saturated rings. The van der Waals surface area contributed by atoms with Crippen LogP contribution < -0.4 is 0 Å². The van der Waals surface area contributed by atoms with Crippen LogP contribution in [0.5, 0.6) is 0 Å². The first-order valence-corrected chi connectivity index (χ1v) is 7.31. The maximum Gasteiger partial charge on any atom is 0.119 e. The van der Waals surface area contributed by atoms with E-state index in [9.17, 15) is 4.79 Å². The third-order valence-electron chi connectivity index (χ3n) is 2.90. The van der Waals surface area contributed by atoms with Gasteiger partial charge in [0.25, 0.3) is 0 Å². The summed E-state index contributed by atoms with van der Waals surface area (Å²) in [6.07, 6.45) is 15.2. The van der Waals surface area contributed by atoms with Gasteiger partial charge >= 0.3 is 0 Å². The fourth-order valence-electron chi connectivity index (χ4n) is 1.77. The van der Waals surface area contributed by atoms with Gasteiger partial charge in [-0.2, -0.15) is 0 Å². The largest absolute Gasteiger partial charge is 0.303 e. The average molecular weight is 236 g/mol. The van der Waals surface area contributed by atoms with Gasteiger partial charge in [-0.15, -0.1) is 11.8 Å². The zero-order valence-corrected chi connectivity index (χ0v) is 11.5. The number of unbranched alkanes of at least 4 members (excludes halogenated alkanes) is 10. The Hall–Kier alpha value is -0.770. The summed E-state index contributed by atoms with van der Waals surface area (Å²) in [6, 6.07) is 0. The highest BCUT2D eigenvalue weighted by Gasteiger charge is 1.91. The normalized spacial score (nSPS) is 9.71. The topological polar surface area (TPSA) is 17.1 Å². The number of carbonyl (C=O) groups excluding carboxylic acids is 1. The van der Waals surface area contributed by atoms with E-state index in [4.69, 9.17) is 0 Å². The molecule has 0 aromatic carbocycles. The van der Waals surface area contributed by atoms with Crippen molar-refractivity contribution in [1.82, 2.24) is 0 Å². The molecule has 0 N–H and O–H groups in total. The third-order valence-corrected chi connectivity index (χ3v) is 2.90. The van der Waals surface area contributed by atoms with E-state index < -0.39 is 0 Å². The molecule has 1 heteroatoms. The summed E-state index contributed by atoms with van der Waals surface area (Å²) in [4.78, 5) is 10.1. The molecule has 0 spiro atoms. The molecule has 0 heterocycles. The van der Waals surface area contributed by atoms with Gasteiger partial charge in [0, 0.05) is 19.3 Å². The number of aldehydes is 1. The van der Waals surface area contributed by atoms with E-state index in [0.29, 0.717) is 0 Å². The van der Waals surface area contributed by atoms with Gasteiger partial charge in [-0.25, -0.2) is 0 Å². The van der Waals surface area contributed by atoms with Crippen molar-refractivity contribution in [2.75, 3.05) is 0 Å². The first kappa shape index (κ1) is 16.2. The summed E-state index contributed by atoms with van der Waals surface area (Å²) in [7, 11) is 0. The number of hydrogen-bond acceptors (Lipinski definition) is 1. The Kier molecular flexibility index (Phi) is 14.5. The van der Waals surface area contributed by atoms with E-state index in [1.807, 2.05) is 0 Å². The Balaban J connectivity index is 3.02. The zero-order valence-electron chi connectivity index (χ0n) is 11.5. The first-order valence-electron chi connectivity index (χ1n) is 7.31. The molecular weight excluding hydrogens is 208 g/mol. The van der Waals surface area contributed by atoms with Crippen molar-refractivity contribution in [1.29, 1.82) is 0 Å². The van der Waals surface area contributed by atoms with Gasteiger partial charge in [0.1, 0.15) is 6.29 Å². The van der Waals surface area contributed by atoms with Gasteiger partial charge in [0.2, 0.25) is 0 Å². The van der Waals surface area contributed by atoms with Crippen molar-refractivity contribution < 1.29 is 4.79 Å². The van der Waals surface area contributed by atoms with E-state index in [0.717, 1.165) is 32.0 Å². The fourth-order valence-corrected chi connectivity index (χ4v) is 1.77. The van der Waals surface area contributed by atoms with Crippen LogP contribution in [-0.4, -0.2) is 6.29 Å². The summed E-state index contributed by atoms with van der Waals surface area (Å²) in [5.74, 6) is 6.48. The van der Waals surface area contributed by atoms with E-state index in [1.54, 1.807) is 0 Å². The van der Waals surface area contributed by atoms with Crippen molar-refractivity contribution in [2.45, 2.75) is 84.0 Å². The molecule has 98 valence electrons. The Labute approximate surface area is 107 Å². The van der Waals surface area contributed by atoms with Gasteiger partial charge in [-0.3, -0.25) is 0 Å². The minimum absolute atomic E-state index is 0.743. The van der Waals surface area contributed by atoms with Crippen LogP contribution in [0.25, 0.3) is 0 Å². The summed E-state index contributed by atoms with van der Waals surface area (Å²) >= 11 is 0. The highest BCUT2D eigenvalue weighted by molar-refractivity contribution is 5.48. The van der Waals surface area contributed by atoms with Gasteiger partial charge in [-0.1, -0.05) is 45.4 Å². The van der Waals surface area contributed by atoms with Crippen molar-refractivity contribution in [3.8, 4) is 11.8 Å². The third kappa shape index (κ3) is 15.2. The molecule has 0 aliphatic carbocycles. The molecule has 0 unspecified atom stereocenters. The van der Waals surface area contributed by atoms with Crippen LogP contribution in [0.3, 0.4) is 0 Å². The molecule has 0 aliphatic heterocycles. The predicted molar refractivity (Wildman–Crippen MR) is 74.9 cm³/mol. The molecule has 17 heavy (non-hydrogen) atoms. The van der Waals surface area contributed by atoms with E-state index in [1.165, 1.54) is 51.4 Å². The first-order chi connectivity index (χ1) is 8.41. The lowest BCUT2D eigenvalue weighted by atomic mass is 10.1. The SMILES string of the molecule is CCCCC#CCCCCCCCCCC=O. The van der Waals surface area contributed by atoms with Crippen LogP contribution in [-0.2, 0) is 4.79 Å². The van der Waals surface area contributed by atoms with Gasteiger partial charge < -0.3 is 4.79 Å². The lowest BCUT2D eigenvalue weighted by Crippen LogP contribution is -1.81. The van der Waals surface area contributed by atoms with Gasteiger partial charge in [0.15, 0.2) is 0 Å². The quantitative estimate of drug-likeness (QED) is 0.283. The van der Waals surface area contributed by atoms with Crippen LogP contribution in [0.2, 0.25) is 0 Å². The Morgan fingerprint density at radius 2 is 1.29 bits per heavy atom. The van der Waals surface area contributed by atoms with Crippen molar-refractivity contribution in [3.63, 3.8) is 0 Å². The lowest BCUT2D eigenvalue weighted by Gasteiger charge is -1.98. The van der Waals surface area contributed by atoms with Crippen LogP contribution in [0.1, 0.15) is 84.0 Å². The second kappa shape index (κ2) is 15.2. The molecule has 0 atom stereocenters. The van der Waals surface area contributed by atoms with E-state index >= 15 is 0 Å². The molecule has 0 aromatic heterocycles. The molecule has 0 saturated heterocycles. The maximum absolute atomic E-state index is 10.1. The molecule has 0 aliphatic rings. The monoisotopic (exact) mass is 236 g/mol. The van der Waals surface area contributed by atoms with Crippen LogP contribution in [0.4, 0.5) is 0 Å². The van der Waals surface area contributed by atoms with Crippen molar-refractivity contribution in [2.24, 2.45) is 0 Å². The summed E-state index contributed by atoms with van der Waals surface area (Å²) in [6.45, 7) is 2.21. The second-order valence-corrected chi connectivity index (χ2v) is 4.64. The summed E-state index contributed by atoms with van der Waals surface area (Å²) in [5, 5.41) is 0. The van der Waals surface area contributed by atoms with Crippen LogP contribution in [0.15, 0.2) is 0 Å². The predicted octanol–water partition coefficient (Wildman–Crippen LogP) is 4.89. The Bertz CT molecular complexity index is 209. The van der Waals surface area contributed by atoms with Crippen molar-refractivity contribution >= 4 is 6.29 Å². The lowest BCUT2D eigenvalue weighted by molar-refractivity contribution is -0.107. The Morgan fingerprint density at radius 3 is 1.88 bits per heavy atom. The second-order valence-electron chi connectivity index (χ2n) is 4.64. The van der Waals surface area contributed by atoms with Gasteiger partial charge in [-0.05, 0) is 19.3 Å². The molecule has 1 nitrogen and oxygen atoms in total. The fraction of sp³-hybridized carbons (Fsp3) is 0.812. The summed E-state index contributed by atoms with van der Waals surface area (Å²) in [5.41, 5.74) is 0. The highest BCUT2D eigenvalue weighted by atomic mass is 16.1. The molecule has 0 rings (SSSR count). The van der Waals surface area contributed by atoms with Crippen LogP contribution >= 0.6 is 0 Å². The van der Waals surface area contributed by atoms with Crippen LogP contribution in [0, 0.1) is 11.8 Å². The van der Waals surface area contributed by atoms with Crippen molar-refractivity contribution in [3.05, 3.63) is 0 Å². The molecule has 0 aromatic rings. The minimum Gasteiger partial charge on any atom is -0.303 e. The maximum atomic E-state index is 10.1. The zero-order chi connectivity index (χ0) is 12.6. The average Bonchev–Trinajstić information content (AvgIpc) is 2.35. The van der Waals surface area contributed by atoms with E-state index in [2.05, 4.69) is 18.8 Å². The molecule has 0 bridgehead atoms. The molecule has 0 saturated carbocycles.